The van der Waals surface area contributed by atoms with Crippen molar-refractivity contribution in [1.29, 1.82) is 0 Å². The van der Waals surface area contributed by atoms with Gasteiger partial charge in [0.15, 0.2) is 0 Å². The summed E-state index contributed by atoms with van der Waals surface area (Å²) in [6.45, 7) is 1.83. The van der Waals surface area contributed by atoms with E-state index in [0.29, 0.717) is 11.1 Å². The number of nitrogens with zero attached hydrogens (tertiary/aromatic N) is 1. The molecule has 1 aromatic rings. The summed E-state index contributed by atoms with van der Waals surface area (Å²) in [6.07, 6.45) is 1.85. The van der Waals surface area contributed by atoms with Crippen LogP contribution in [0.4, 0.5) is 4.39 Å². The van der Waals surface area contributed by atoms with Crippen molar-refractivity contribution in [3.63, 3.8) is 0 Å². The molecule has 2 rings (SSSR count). The van der Waals surface area contributed by atoms with Gasteiger partial charge in [-0.25, -0.2) is 4.39 Å². The molecule has 0 atom stereocenters. The normalized spacial score (nSPS) is 16.6. The number of rotatable bonds is 2. The van der Waals surface area contributed by atoms with Crippen molar-refractivity contribution >= 4 is 5.91 Å². The summed E-state index contributed by atoms with van der Waals surface area (Å²) >= 11 is 0. The summed E-state index contributed by atoms with van der Waals surface area (Å²) in [6, 6.07) is 4.68. The first-order valence-corrected chi connectivity index (χ1v) is 6.31. The fourth-order valence-electron chi connectivity index (χ4n) is 2.38. The molecule has 0 aliphatic carbocycles. The number of benzene rings is 1. The van der Waals surface area contributed by atoms with Crippen LogP contribution in [0.1, 0.15) is 34.7 Å². The van der Waals surface area contributed by atoms with Crippen molar-refractivity contribution in [2.75, 3.05) is 27.2 Å². The molecule has 1 heterocycles. The molecular formula is C14H19FN2O. The number of carbonyl (C=O) groups excluding carboxylic acids is 1. The van der Waals surface area contributed by atoms with E-state index in [2.05, 4.69) is 5.32 Å². The zero-order chi connectivity index (χ0) is 13.1. The van der Waals surface area contributed by atoms with Gasteiger partial charge in [0.1, 0.15) is 5.82 Å². The second-order valence-electron chi connectivity index (χ2n) is 4.96. The van der Waals surface area contributed by atoms with E-state index in [-0.39, 0.29) is 17.6 Å². The van der Waals surface area contributed by atoms with E-state index in [1.807, 2.05) is 0 Å². The summed E-state index contributed by atoms with van der Waals surface area (Å²) < 4.78 is 13.9. The molecule has 1 aromatic carbocycles. The lowest BCUT2D eigenvalue weighted by molar-refractivity contribution is 0.0827. The van der Waals surface area contributed by atoms with E-state index >= 15 is 0 Å². The van der Waals surface area contributed by atoms with E-state index in [0.717, 1.165) is 25.9 Å². The minimum Gasteiger partial charge on any atom is -0.345 e. The highest BCUT2D eigenvalue weighted by Gasteiger charge is 2.20. The molecule has 0 unspecified atom stereocenters. The lowest BCUT2D eigenvalue weighted by Crippen LogP contribution is -2.27. The standard InChI is InChI=1S/C14H19FN2O/c1-17(2)14(18)11-3-4-13(15)12(9-11)10-5-7-16-8-6-10/h3-4,9-10,16H,5-8H2,1-2H3. The van der Waals surface area contributed by atoms with Crippen molar-refractivity contribution in [2.45, 2.75) is 18.8 Å². The van der Waals surface area contributed by atoms with Gasteiger partial charge in [-0.15, -0.1) is 0 Å². The van der Waals surface area contributed by atoms with Crippen LogP contribution < -0.4 is 5.32 Å². The second kappa shape index (κ2) is 5.48. The third kappa shape index (κ3) is 2.70. The van der Waals surface area contributed by atoms with Crippen molar-refractivity contribution in [3.8, 4) is 0 Å². The summed E-state index contributed by atoms with van der Waals surface area (Å²) in [7, 11) is 3.41. The first kappa shape index (κ1) is 13.0. The Morgan fingerprint density at radius 3 is 2.61 bits per heavy atom. The number of carbonyl (C=O) groups is 1. The zero-order valence-corrected chi connectivity index (χ0v) is 10.9. The number of amides is 1. The Hall–Kier alpha value is -1.42. The molecule has 3 nitrogen and oxygen atoms in total. The minimum absolute atomic E-state index is 0.0785. The SMILES string of the molecule is CN(C)C(=O)c1ccc(F)c(C2CCNCC2)c1. The smallest absolute Gasteiger partial charge is 0.253 e. The van der Waals surface area contributed by atoms with Gasteiger partial charge in [-0.2, -0.15) is 0 Å². The van der Waals surface area contributed by atoms with E-state index in [9.17, 15) is 9.18 Å². The van der Waals surface area contributed by atoms with Crippen LogP contribution in [0.25, 0.3) is 0 Å². The van der Waals surface area contributed by atoms with Crippen LogP contribution in [-0.2, 0) is 0 Å². The van der Waals surface area contributed by atoms with Crippen LogP contribution in [0.3, 0.4) is 0 Å². The predicted octanol–water partition coefficient (Wildman–Crippen LogP) is 1.99. The zero-order valence-electron chi connectivity index (χ0n) is 10.9. The molecule has 1 saturated heterocycles. The molecule has 1 fully saturated rings. The third-order valence-corrected chi connectivity index (χ3v) is 3.43. The fourth-order valence-corrected chi connectivity index (χ4v) is 2.38. The average Bonchev–Trinajstić information content (AvgIpc) is 2.39. The molecule has 1 amide bonds. The van der Waals surface area contributed by atoms with E-state index in [1.165, 1.54) is 11.0 Å². The quantitative estimate of drug-likeness (QED) is 0.870. The maximum absolute atomic E-state index is 13.9. The monoisotopic (exact) mass is 250 g/mol. The molecule has 0 radical (unpaired) electrons. The highest BCUT2D eigenvalue weighted by atomic mass is 19.1. The first-order valence-electron chi connectivity index (χ1n) is 6.31. The van der Waals surface area contributed by atoms with Gasteiger partial charge in [0.05, 0.1) is 0 Å². The molecule has 1 aliphatic heterocycles. The average molecular weight is 250 g/mol. The van der Waals surface area contributed by atoms with Crippen LogP contribution in [0, 0.1) is 5.82 Å². The number of piperidine rings is 1. The third-order valence-electron chi connectivity index (χ3n) is 3.43. The van der Waals surface area contributed by atoms with Gasteiger partial charge in [-0.05, 0) is 55.6 Å². The van der Waals surface area contributed by atoms with Crippen molar-refractivity contribution in [1.82, 2.24) is 10.2 Å². The van der Waals surface area contributed by atoms with Gasteiger partial charge in [-0.1, -0.05) is 0 Å². The lowest BCUT2D eigenvalue weighted by atomic mass is 9.89. The topological polar surface area (TPSA) is 32.3 Å². The Morgan fingerprint density at radius 1 is 1.33 bits per heavy atom. The highest BCUT2D eigenvalue weighted by molar-refractivity contribution is 5.94. The molecular weight excluding hydrogens is 231 g/mol. The largest absolute Gasteiger partial charge is 0.345 e. The molecule has 0 spiro atoms. The maximum Gasteiger partial charge on any atom is 0.253 e. The second-order valence-corrected chi connectivity index (χ2v) is 4.96. The summed E-state index contributed by atoms with van der Waals surface area (Å²) in [5.41, 5.74) is 1.25. The lowest BCUT2D eigenvalue weighted by Gasteiger charge is -2.24. The van der Waals surface area contributed by atoms with Gasteiger partial charge in [0.2, 0.25) is 0 Å². The van der Waals surface area contributed by atoms with Crippen molar-refractivity contribution < 1.29 is 9.18 Å². The summed E-state index contributed by atoms with van der Waals surface area (Å²) in [5.74, 6) is -0.0523. The van der Waals surface area contributed by atoms with E-state index in [4.69, 9.17) is 0 Å². The molecule has 0 bridgehead atoms. The molecule has 1 N–H and O–H groups in total. The molecule has 1 aliphatic rings. The van der Waals surface area contributed by atoms with Gasteiger partial charge >= 0.3 is 0 Å². The molecule has 0 aromatic heterocycles. The molecule has 4 heteroatoms. The highest BCUT2D eigenvalue weighted by Crippen LogP contribution is 2.28. The Kier molecular flexibility index (Phi) is 3.97. The molecule has 0 saturated carbocycles. The fraction of sp³-hybridized carbons (Fsp3) is 0.500. The number of hydrogen-bond donors (Lipinski definition) is 1. The number of hydrogen-bond acceptors (Lipinski definition) is 2. The van der Waals surface area contributed by atoms with Crippen LogP contribution in [-0.4, -0.2) is 38.0 Å². The van der Waals surface area contributed by atoms with Crippen molar-refractivity contribution in [3.05, 3.63) is 35.1 Å². The number of nitrogens with one attached hydrogen (secondary N) is 1. The Labute approximate surface area is 107 Å². The van der Waals surface area contributed by atoms with E-state index < -0.39 is 0 Å². The Balaban J connectivity index is 2.28. The number of halogens is 1. The van der Waals surface area contributed by atoms with Gasteiger partial charge in [-0.3, -0.25) is 4.79 Å². The van der Waals surface area contributed by atoms with Gasteiger partial charge in [0, 0.05) is 19.7 Å². The van der Waals surface area contributed by atoms with Crippen LogP contribution in [0.15, 0.2) is 18.2 Å². The Morgan fingerprint density at radius 2 is 2.00 bits per heavy atom. The minimum atomic E-state index is -0.197. The summed E-state index contributed by atoms with van der Waals surface area (Å²) in [5, 5.41) is 3.26. The first-order chi connectivity index (χ1) is 8.59. The predicted molar refractivity (Wildman–Crippen MR) is 69.3 cm³/mol. The van der Waals surface area contributed by atoms with Gasteiger partial charge < -0.3 is 10.2 Å². The van der Waals surface area contributed by atoms with Crippen LogP contribution in [0.2, 0.25) is 0 Å². The Bertz CT molecular complexity index is 439. The summed E-state index contributed by atoms with van der Waals surface area (Å²) in [4.78, 5) is 13.4. The maximum atomic E-state index is 13.9. The van der Waals surface area contributed by atoms with E-state index in [1.54, 1.807) is 26.2 Å². The molecule has 98 valence electrons. The molecule has 18 heavy (non-hydrogen) atoms. The van der Waals surface area contributed by atoms with Crippen molar-refractivity contribution in [2.24, 2.45) is 0 Å². The van der Waals surface area contributed by atoms with Gasteiger partial charge in [0.25, 0.3) is 5.91 Å². The van der Waals surface area contributed by atoms with Crippen LogP contribution in [0.5, 0.6) is 0 Å². The van der Waals surface area contributed by atoms with Crippen LogP contribution >= 0.6 is 0 Å².